The average Bonchev–Trinajstić information content (AvgIpc) is 3.41. The van der Waals surface area contributed by atoms with Gasteiger partial charge in [0.05, 0.1) is 16.1 Å². The van der Waals surface area contributed by atoms with E-state index < -0.39 is 0 Å². The lowest BCUT2D eigenvalue weighted by Crippen LogP contribution is -2.41. The fraction of sp³-hybridized carbons (Fsp3) is 0.542. The molecule has 0 spiro atoms. The van der Waals surface area contributed by atoms with Crippen molar-refractivity contribution < 1.29 is 9.18 Å². The summed E-state index contributed by atoms with van der Waals surface area (Å²) in [6, 6.07) is 5.36. The van der Waals surface area contributed by atoms with Crippen molar-refractivity contribution in [1.29, 1.82) is 0 Å². The summed E-state index contributed by atoms with van der Waals surface area (Å²) in [5.74, 6) is 0.608. The highest BCUT2D eigenvalue weighted by Crippen LogP contribution is 2.31. The largest absolute Gasteiger partial charge is 0.379 e. The van der Waals surface area contributed by atoms with Crippen LogP contribution < -0.4 is 21.3 Å². The second-order valence-electron chi connectivity index (χ2n) is 9.55. The quantitative estimate of drug-likeness (QED) is 0.400. The molecule has 1 aromatic carbocycles. The monoisotopic (exact) mass is 533 g/mol. The number of halogens is 2. The first-order valence-corrected chi connectivity index (χ1v) is 12.7. The van der Waals surface area contributed by atoms with Gasteiger partial charge in [-0.25, -0.2) is 9.37 Å². The third-order valence-electron chi connectivity index (χ3n) is 6.33. The predicted molar refractivity (Wildman–Crippen MR) is 137 cm³/mol. The van der Waals surface area contributed by atoms with Crippen LogP contribution >= 0.6 is 15.9 Å². The van der Waals surface area contributed by atoms with Crippen molar-refractivity contribution in [2.75, 3.05) is 36.1 Å². The number of likely N-dealkylation sites (tertiary alicyclic amines) is 1. The maximum Gasteiger partial charge on any atom is 0.229 e. The van der Waals surface area contributed by atoms with E-state index in [2.05, 4.69) is 59.1 Å². The lowest BCUT2D eigenvalue weighted by molar-refractivity contribution is -0.125. The van der Waals surface area contributed by atoms with Gasteiger partial charge in [0.2, 0.25) is 11.9 Å². The summed E-state index contributed by atoms with van der Waals surface area (Å²) < 4.78 is 15.4. The second kappa shape index (κ2) is 10.9. The van der Waals surface area contributed by atoms with Crippen molar-refractivity contribution >= 4 is 45.0 Å². The molecule has 2 aliphatic rings. The summed E-state index contributed by atoms with van der Waals surface area (Å²) in [5, 5.41) is 12.8. The normalized spacial score (nSPS) is 22.7. The third-order valence-corrected chi connectivity index (χ3v) is 6.91. The minimum absolute atomic E-state index is 0.00441. The Balaban J connectivity index is 1.42. The Kier molecular flexibility index (Phi) is 7.88. The summed E-state index contributed by atoms with van der Waals surface area (Å²) in [6.07, 6.45) is 5.38. The van der Waals surface area contributed by atoms with E-state index in [0.29, 0.717) is 27.6 Å². The van der Waals surface area contributed by atoms with Crippen LogP contribution in [-0.4, -0.2) is 59.0 Å². The molecular weight excluding hydrogens is 501 g/mol. The lowest BCUT2D eigenvalue weighted by Gasteiger charge is -2.22. The molecule has 0 radical (unpaired) electrons. The second-order valence-corrected chi connectivity index (χ2v) is 10.4. The van der Waals surface area contributed by atoms with E-state index in [-0.39, 0.29) is 35.8 Å². The molecular formula is C24H33BrFN7O. The Bertz CT molecular complexity index is 1020. The van der Waals surface area contributed by atoms with Gasteiger partial charge in [0.25, 0.3) is 0 Å². The molecule has 10 heteroatoms. The zero-order chi connectivity index (χ0) is 24.2. The molecule has 0 bridgehead atoms. The van der Waals surface area contributed by atoms with Crippen LogP contribution in [0.2, 0.25) is 0 Å². The summed E-state index contributed by atoms with van der Waals surface area (Å²) in [6.45, 7) is 5.85. The molecule has 2 fully saturated rings. The molecule has 8 nitrogen and oxygen atoms in total. The van der Waals surface area contributed by atoms with Gasteiger partial charge >= 0.3 is 0 Å². The number of likely N-dealkylation sites (N-methyl/N-ethyl adjacent to an activating group) is 1. The fourth-order valence-corrected chi connectivity index (χ4v) is 4.96. The van der Waals surface area contributed by atoms with Crippen LogP contribution in [0.25, 0.3) is 0 Å². The van der Waals surface area contributed by atoms with E-state index >= 15 is 0 Å². The van der Waals surface area contributed by atoms with Gasteiger partial charge in [-0.05, 0) is 80.8 Å². The molecule has 1 amide bonds. The van der Waals surface area contributed by atoms with Gasteiger partial charge < -0.3 is 26.2 Å². The number of hydrogen-bond acceptors (Lipinski definition) is 7. The Labute approximate surface area is 208 Å². The Morgan fingerprint density at radius 3 is 2.76 bits per heavy atom. The van der Waals surface area contributed by atoms with E-state index in [1.54, 1.807) is 12.3 Å². The van der Waals surface area contributed by atoms with Crippen LogP contribution in [0.5, 0.6) is 0 Å². The summed E-state index contributed by atoms with van der Waals surface area (Å²) >= 11 is 3.50. The van der Waals surface area contributed by atoms with E-state index in [1.807, 2.05) is 19.9 Å². The Hall–Kier alpha value is -2.46. The fourth-order valence-electron chi connectivity index (χ4n) is 4.65. The van der Waals surface area contributed by atoms with Crippen molar-refractivity contribution in [1.82, 2.24) is 20.2 Å². The van der Waals surface area contributed by atoms with E-state index in [9.17, 15) is 9.18 Å². The van der Waals surface area contributed by atoms with Crippen molar-refractivity contribution in [3.63, 3.8) is 0 Å². The molecule has 0 unspecified atom stereocenters. The number of carbonyl (C=O) groups excluding carboxylic acids is 1. The minimum atomic E-state index is -0.319. The number of nitrogens with zero attached hydrogens (tertiary/aromatic N) is 3. The molecule has 1 aliphatic heterocycles. The van der Waals surface area contributed by atoms with Gasteiger partial charge in [-0.3, -0.25) is 4.79 Å². The van der Waals surface area contributed by atoms with E-state index in [0.717, 1.165) is 38.8 Å². The van der Waals surface area contributed by atoms with Gasteiger partial charge in [0.15, 0.2) is 0 Å². The average molecular weight is 534 g/mol. The first-order valence-electron chi connectivity index (χ1n) is 11.9. The maximum atomic E-state index is 14.7. The molecule has 4 rings (SSSR count). The van der Waals surface area contributed by atoms with Crippen molar-refractivity contribution in [3.8, 4) is 0 Å². The number of amides is 1. The number of hydrogen-bond donors (Lipinski definition) is 4. The summed E-state index contributed by atoms with van der Waals surface area (Å²) in [7, 11) is 2.07. The van der Waals surface area contributed by atoms with E-state index in [4.69, 9.17) is 0 Å². The molecule has 1 aromatic heterocycles. The zero-order valence-electron chi connectivity index (χ0n) is 19.9. The molecule has 184 valence electrons. The summed E-state index contributed by atoms with van der Waals surface area (Å²) in [4.78, 5) is 23.7. The van der Waals surface area contributed by atoms with Gasteiger partial charge in [-0.1, -0.05) is 6.42 Å². The zero-order valence-corrected chi connectivity index (χ0v) is 21.5. The number of anilines is 4. The highest BCUT2D eigenvalue weighted by Gasteiger charge is 2.33. The summed E-state index contributed by atoms with van der Waals surface area (Å²) in [5.41, 5.74) is 1.06. The smallest absolute Gasteiger partial charge is 0.229 e. The van der Waals surface area contributed by atoms with Crippen LogP contribution in [0, 0.1) is 11.7 Å². The van der Waals surface area contributed by atoms with E-state index in [1.165, 1.54) is 6.07 Å². The Morgan fingerprint density at radius 2 is 2.06 bits per heavy atom. The van der Waals surface area contributed by atoms with Crippen molar-refractivity contribution in [3.05, 3.63) is 34.7 Å². The number of carbonyl (C=O) groups is 1. The molecule has 1 saturated carbocycles. The molecule has 2 aromatic rings. The first kappa shape index (κ1) is 24.7. The minimum Gasteiger partial charge on any atom is -0.379 e. The lowest BCUT2D eigenvalue weighted by atomic mass is 10.0. The topological polar surface area (TPSA) is 94.2 Å². The third kappa shape index (κ3) is 6.15. The highest BCUT2D eigenvalue weighted by atomic mass is 79.9. The number of nitrogens with one attached hydrogen (secondary N) is 4. The van der Waals surface area contributed by atoms with Crippen LogP contribution in [-0.2, 0) is 4.79 Å². The molecule has 4 N–H and O–H groups in total. The Morgan fingerprint density at radius 1 is 1.24 bits per heavy atom. The molecule has 34 heavy (non-hydrogen) atoms. The number of aromatic nitrogens is 2. The van der Waals surface area contributed by atoms with Crippen LogP contribution in [0.1, 0.15) is 39.5 Å². The molecule has 3 atom stereocenters. The SMILES string of the molecule is CC(C)NC(=O)[C@H]1CCC[C@H]1Nc1nc(Nc2ccc(N[C@H]3CCN(C)C3)c(F)c2)ncc1Br. The number of benzene rings is 1. The van der Waals surface area contributed by atoms with Gasteiger partial charge in [0, 0.05) is 36.6 Å². The predicted octanol–water partition coefficient (Wildman–Crippen LogP) is 4.34. The highest BCUT2D eigenvalue weighted by molar-refractivity contribution is 9.10. The molecule has 2 heterocycles. The van der Waals surface area contributed by atoms with Gasteiger partial charge in [-0.2, -0.15) is 4.98 Å². The van der Waals surface area contributed by atoms with Crippen molar-refractivity contribution in [2.24, 2.45) is 5.92 Å². The molecule has 1 aliphatic carbocycles. The van der Waals surface area contributed by atoms with Crippen LogP contribution in [0.3, 0.4) is 0 Å². The van der Waals surface area contributed by atoms with Crippen molar-refractivity contribution in [2.45, 2.75) is 57.7 Å². The number of rotatable bonds is 8. The molecule has 1 saturated heterocycles. The maximum absolute atomic E-state index is 14.7. The van der Waals surface area contributed by atoms with Crippen LogP contribution in [0.15, 0.2) is 28.9 Å². The standard InChI is InChI=1S/C24H33BrFN7O/c1-14(2)28-23(34)17-5-4-6-20(17)31-22-18(25)12-27-24(32-22)30-15-7-8-21(19(26)11-15)29-16-9-10-33(3)13-16/h7-8,11-12,14,16-17,20,29H,4-6,9-10,13H2,1-3H3,(H,28,34)(H2,27,30,31,32)/t16-,17-,20+/m0/s1. The van der Waals surface area contributed by atoms with Crippen LogP contribution in [0.4, 0.5) is 27.5 Å². The first-order chi connectivity index (χ1) is 16.3. The van der Waals surface area contributed by atoms with Gasteiger partial charge in [0.1, 0.15) is 11.6 Å². The van der Waals surface area contributed by atoms with Gasteiger partial charge in [-0.15, -0.1) is 0 Å².